The average molecular weight is 476 g/mol. The van der Waals surface area contributed by atoms with E-state index in [0.717, 1.165) is 22.3 Å². The van der Waals surface area contributed by atoms with Crippen molar-refractivity contribution in [1.82, 2.24) is 10.3 Å². The number of carboxylic acids is 1. The molecule has 1 aliphatic rings. The number of alkyl carbamates (subject to hydrolysis) is 1. The van der Waals surface area contributed by atoms with E-state index in [2.05, 4.69) is 15.6 Å². The Morgan fingerprint density at radius 3 is 2.17 bits per heavy atom. The number of fused-ring (bicyclic) bond motifs is 3. The number of aromatic carboxylic acids is 1. The van der Waals surface area contributed by atoms with Crippen LogP contribution in [0.3, 0.4) is 0 Å². The Bertz CT molecular complexity index is 1200. The van der Waals surface area contributed by atoms with Crippen LogP contribution in [0.2, 0.25) is 0 Å². The lowest BCUT2D eigenvalue weighted by Crippen LogP contribution is -2.51. The number of rotatable bonds is 8. The van der Waals surface area contributed by atoms with E-state index in [1.165, 1.54) is 25.4 Å². The number of nitrogens with zero attached hydrogens (tertiary/aromatic N) is 1. The van der Waals surface area contributed by atoms with Gasteiger partial charge in [0.15, 0.2) is 0 Å². The fraction of sp³-hybridized carbons (Fsp3) is 0.231. The smallest absolute Gasteiger partial charge is 0.407 e. The third-order valence-corrected chi connectivity index (χ3v) is 5.99. The number of hydrogen-bond acceptors (Lipinski definition) is 6. The molecule has 3 N–H and O–H groups in total. The maximum Gasteiger partial charge on any atom is 0.407 e. The third-order valence-electron chi connectivity index (χ3n) is 5.99. The molecule has 0 saturated heterocycles. The van der Waals surface area contributed by atoms with Crippen molar-refractivity contribution in [3.63, 3.8) is 0 Å². The van der Waals surface area contributed by atoms with Crippen LogP contribution in [0.5, 0.6) is 0 Å². The number of carbonyl (C=O) groups is 3. The number of methoxy groups -OCH3 is 1. The van der Waals surface area contributed by atoms with Gasteiger partial charge in [-0.2, -0.15) is 0 Å². The van der Waals surface area contributed by atoms with Crippen LogP contribution in [0.1, 0.15) is 34.5 Å². The molecule has 0 aliphatic heterocycles. The van der Waals surface area contributed by atoms with Crippen LogP contribution in [-0.2, 0) is 14.3 Å². The molecule has 9 heteroatoms. The summed E-state index contributed by atoms with van der Waals surface area (Å²) in [7, 11) is 1.42. The maximum absolute atomic E-state index is 12.8. The number of carboxylic acid groups (broad SMARTS) is 1. The molecule has 1 aromatic heterocycles. The Kier molecular flexibility index (Phi) is 7.07. The normalized spacial score (nSPS) is 13.8. The van der Waals surface area contributed by atoms with Gasteiger partial charge in [-0.15, -0.1) is 0 Å². The zero-order valence-electron chi connectivity index (χ0n) is 19.2. The monoisotopic (exact) mass is 475 g/mol. The molecule has 0 spiro atoms. The highest BCUT2D eigenvalue weighted by Crippen LogP contribution is 2.44. The number of nitrogens with one attached hydrogen (secondary N) is 2. The van der Waals surface area contributed by atoms with Crippen LogP contribution in [-0.4, -0.2) is 53.9 Å². The minimum atomic E-state index is -1.18. The highest BCUT2D eigenvalue weighted by atomic mass is 16.5. The van der Waals surface area contributed by atoms with E-state index in [9.17, 15) is 14.4 Å². The highest BCUT2D eigenvalue weighted by molar-refractivity contribution is 5.97. The van der Waals surface area contributed by atoms with Gasteiger partial charge in [-0.1, -0.05) is 48.5 Å². The van der Waals surface area contributed by atoms with Gasteiger partial charge in [-0.3, -0.25) is 4.79 Å². The largest absolute Gasteiger partial charge is 0.477 e. The molecule has 0 unspecified atom stereocenters. The average Bonchev–Trinajstić information content (AvgIpc) is 3.19. The van der Waals surface area contributed by atoms with E-state index in [1.807, 2.05) is 48.5 Å². The number of aromatic nitrogens is 1. The van der Waals surface area contributed by atoms with Crippen LogP contribution >= 0.6 is 0 Å². The Morgan fingerprint density at radius 2 is 1.63 bits per heavy atom. The SMILES string of the molecule is CO[C@H](C)[C@H](NC(=O)OCC1c2ccccc2-c2ccccc21)C(=O)Nc1ccc(C(=O)O)nc1. The fourth-order valence-electron chi connectivity index (χ4n) is 4.11. The molecule has 0 fully saturated rings. The number of pyridine rings is 1. The van der Waals surface area contributed by atoms with E-state index < -0.39 is 30.1 Å². The lowest BCUT2D eigenvalue weighted by Gasteiger charge is -2.23. The number of hydrogen-bond donors (Lipinski definition) is 3. The Labute approximate surface area is 202 Å². The topological polar surface area (TPSA) is 127 Å². The van der Waals surface area contributed by atoms with Gasteiger partial charge in [0.05, 0.1) is 18.0 Å². The second-order valence-corrected chi connectivity index (χ2v) is 8.11. The first kappa shape index (κ1) is 23.9. The Hall–Kier alpha value is -4.24. The highest BCUT2D eigenvalue weighted by Gasteiger charge is 2.31. The summed E-state index contributed by atoms with van der Waals surface area (Å²) < 4.78 is 10.8. The van der Waals surface area contributed by atoms with Gasteiger partial charge in [-0.25, -0.2) is 14.6 Å². The van der Waals surface area contributed by atoms with E-state index >= 15 is 0 Å². The van der Waals surface area contributed by atoms with Crippen LogP contribution in [0.4, 0.5) is 10.5 Å². The van der Waals surface area contributed by atoms with Crippen LogP contribution in [0.15, 0.2) is 66.9 Å². The van der Waals surface area contributed by atoms with Gasteiger partial charge >= 0.3 is 12.1 Å². The molecule has 1 heterocycles. The zero-order valence-corrected chi connectivity index (χ0v) is 19.2. The first-order valence-electron chi connectivity index (χ1n) is 11.0. The van der Waals surface area contributed by atoms with Gasteiger partial charge in [0.1, 0.15) is 18.3 Å². The molecular formula is C26H25N3O6. The van der Waals surface area contributed by atoms with Crippen molar-refractivity contribution < 1.29 is 29.0 Å². The summed E-state index contributed by atoms with van der Waals surface area (Å²) in [5.41, 5.74) is 4.52. The zero-order chi connectivity index (χ0) is 24.9. The Morgan fingerprint density at radius 1 is 1.00 bits per heavy atom. The number of benzene rings is 2. The van der Waals surface area contributed by atoms with Crippen LogP contribution in [0.25, 0.3) is 11.1 Å². The molecule has 2 aromatic carbocycles. The molecule has 2 amide bonds. The molecule has 2 atom stereocenters. The Balaban J connectivity index is 1.42. The molecule has 0 saturated carbocycles. The predicted molar refractivity (Wildman–Crippen MR) is 128 cm³/mol. The molecule has 0 radical (unpaired) electrons. The number of ether oxygens (including phenoxy) is 2. The minimum absolute atomic E-state index is 0.107. The van der Waals surface area contributed by atoms with E-state index in [4.69, 9.17) is 14.6 Å². The summed E-state index contributed by atoms with van der Waals surface area (Å²) in [5.74, 6) is -1.84. The molecule has 9 nitrogen and oxygen atoms in total. The van der Waals surface area contributed by atoms with Crippen molar-refractivity contribution in [1.29, 1.82) is 0 Å². The lowest BCUT2D eigenvalue weighted by atomic mass is 9.98. The molecule has 4 rings (SSSR count). The van der Waals surface area contributed by atoms with Gasteiger partial charge in [0.25, 0.3) is 0 Å². The summed E-state index contributed by atoms with van der Waals surface area (Å²) in [6.07, 6.45) is -0.194. The van der Waals surface area contributed by atoms with Gasteiger partial charge in [-0.05, 0) is 41.3 Å². The summed E-state index contributed by atoms with van der Waals surface area (Å²) in [5, 5.41) is 14.1. The fourth-order valence-corrected chi connectivity index (χ4v) is 4.11. The molecule has 3 aromatic rings. The first-order valence-corrected chi connectivity index (χ1v) is 11.0. The quantitative estimate of drug-likeness (QED) is 0.454. The molecule has 0 bridgehead atoms. The summed E-state index contributed by atoms with van der Waals surface area (Å²) in [4.78, 5) is 40.3. The number of amides is 2. The number of anilines is 1. The van der Waals surface area contributed by atoms with E-state index in [1.54, 1.807) is 6.92 Å². The van der Waals surface area contributed by atoms with Gasteiger partial charge < -0.3 is 25.2 Å². The second-order valence-electron chi connectivity index (χ2n) is 8.11. The second kappa shape index (κ2) is 10.4. The standard InChI is InChI=1S/C26H25N3O6/c1-15(34-2)23(24(30)28-16-11-12-22(25(31)32)27-13-16)29-26(33)35-14-21-19-9-5-3-7-17(19)18-8-4-6-10-20(18)21/h3-13,15,21,23H,14H2,1-2H3,(H,28,30)(H,29,33)(H,31,32)/t15-,23+/m1/s1. The number of carbonyl (C=O) groups excluding carboxylic acids is 2. The van der Waals surface area contributed by atoms with Gasteiger partial charge in [0, 0.05) is 13.0 Å². The first-order chi connectivity index (χ1) is 16.9. The van der Waals surface area contributed by atoms with Crippen LogP contribution in [0, 0.1) is 0 Å². The van der Waals surface area contributed by atoms with Gasteiger partial charge in [0.2, 0.25) is 5.91 Å². The van der Waals surface area contributed by atoms with Crippen molar-refractivity contribution in [3.8, 4) is 11.1 Å². The van der Waals surface area contributed by atoms with Crippen LogP contribution < -0.4 is 10.6 Å². The summed E-state index contributed by atoms with van der Waals surface area (Å²) in [6.45, 7) is 1.75. The lowest BCUT2D eigenvalue weighted by molar-refractivity contribution is -0.121. The van der Waals surface area contributed by atoms with Crippen molar-refractivity contribution >= 4 is 23.7 Å². The van der Waals surface area contributed by atoms with E-state index in [0.29, 0.717) is 0 Å². The summed E-state index contributed by atoms with van der Waals surface area (Å²) >= 11 is 0. The van der Waals surface area contributed by atoms with Crippen molar-refractivity contribution in [3.05, 3.63) is 83.7 Å². The maximum atomic E-state index is 12.8. The molecule has 35 heavy (non-hydrogen) atoms. The minimum Gasteiger partial charge on any atom is -0.477 e. The van der Waals surface area contributed by atoms with Crippen molar-refractivity contribution in [2.45, 2.75) is 25.0 Å². The predicted octanol–water partition coefficient (Wildman–Crippen LogP) is 3.66. The molecule has 1 aliphatic carbocycles. The summed E-state index contributed by atoms with van der Waals surface area (Å²) in [6, 6.07) is 17.6. The third kappa shape index (κ3) is 5.15. The van der Waals surface area contributed by atoms with E-state index in [-0.39, 0.29) is 23.9 Å². The van der Waals surface area contributed by atoms with Crippen molar-refractivity contribution in [2.75, 3.05) is 19.0 Å². The van der Waals surface area contributed by atoms with Crippen molar-refractivity contribution in [2.24, 2.45) is 0 Å². The molecular weight excluding hydrogens is 450 g/mol. The molecule has 180 valence electrons.